The highest BCUT2D eigenvalue weighted by molar-refractivity contribution is 5.76. The predicted octanol–water partition coefficient (Wildman–Crippen LogP) is 2.60. The van der Waals surface area contributed by atoms with Crippen LogP contribution in [0, 0.1) is 10.1 Å². The molecular weight excluding hydrogens is 338 g/mol. The highest BCUT2D eigenvalue weighted by Gasteiger charge is 2.13. The van der Waals surface area contributed by atoms with Crippen LogP contribution in [0.2, 0.25) is 0 Å². The molecule has 8 nitrogen and oxygen atoms in total. The molecule has 1 heterocycles. The summed E-state index contributed by atoms with van der Waals surface area (Å²) in [5.41, 5.74) is 1.63. The summed E-state index contributed by atoms with van der Waals surface area (Å²) in [4.78, 5) is 34.3. The van der Waals surface area contributed by atoms with Gasteiger partial charge in [-0.3, -0.25) is 19.5 Å². The quantitative estimate of drug-likeness (QED) is 0.518. The minimum absolute atomic E-state index is 0.0239. The Hall–Kier alpha value is -3.42. The highest BCUT2D eigenvalue weighted by Crippen LogP contribution is 2.17. The summed E-state index contributed by atoms with van der Waals surface area (Å²) >= 11 is 0. The van der Waals surface area contributed by atoms with E-state index in [0.717, 1.165) is 0 Å². The molecule has 1 aromatic heterocycles. The fraction of sp³-hybridized carbons (Fsp3) is 0.222. The molecule has 3 aromatic rings. The number of nitrogens with one attached hydrogen (secondary N) is 1. The maximum absolute atomic E-state index is 12.0. The van der Waals surface area contributed by atoms with Gasteiger partial charge in [-0.15, -0.1) is 0 Å². The van der Waals surface area contributed by atoms with Crippen LogP contribution < -0.4 is 11.1 Å². The number of rotatable bonds is 7. The lowest BCUT2D eigenvalue weighted by atomic mass is 10.2. The van der Waals surface area contributed by atoms with Crippen molar-refractivity contribution in [2.24, 2.45) is 0 Å². The molecule has 2 aromatic carbocycles. The summed E-state index contributed by atoms with van der Waals surface area (Å²) in [5.74, 6) is -0.685. The van der Waals surface area contributed by atoms with E-state index in [4.69, 9.17) is 4.42 Å². The van der Waals surface area contributed by atoms with E-state index in [0.29, 0.717) is 29.6 Å². The standard InChI is InChI=1S/C18H17N3O5/c22-17(19-12-13-6-1-2-7-14(13)21(24)25)10-5-11-20-15-8-3-4-9-16(15)26-18(20)23/h1-4,6-9H,5,10-12H2,(H,19,22). The van der Waals surface area contributed by atoms with Crippen molar-refractivity contribution in [1.29, 1.82) is 0 Å². The van der Waals surface area contributed by atoms with E-state index in [-0.39, 0.29) is 24.6 Å². The smallest absolute Gasteiger partial charge is 0.408 e. The number of aryl methyl sites for hydroxylation is 1. The van der Waals surface area contributed by atoms with Crippen LogP contribution in [0.15, 0.2) is 57.7 Å². The Kier molecular flexibility index (Phi) is 5.12. The lowest BCUT2D eigenvalue weighted by molar-refractivity contribution is -0.385. The first-order valence-corrected chi connectivity index (χ1v) is 8.13. The number of benzene rings is 2. The minimum atomic E-state index is -0.474. The second kappa shape index (κ2) is 7.64. The Bertz CT molecular complexity index is 1010. The van der Waals surface area contributed by atoms with Crippen molar-refractivity contribution in [3.05, 3.63) is 74.8 Å². The van der Waals surface area contributed by atoms with Crippen molar-refractivity contribution >= 4 is 22.7 Å². The molecule has 0 aliphatic rings. The number of amides is 1. The normalized spacial score (nSPS) is 10.8. The average Bonchev–Trinajstić information content (AvgIpc) is 2.95. The molecule has 0 saturated heterocycles. The van der Waals surface area contributed by atoms with Crippen LogP contribution in [0.4, 0.5) is 5.69 Å². The topological polar surface area (TPSA) is 107 Å². The number of para-hydroxylation sites is 3. The molecule has 1 amide bonds. The van der Waals surface area contributed by atoms with Crippen molar-refractivity contribution in [1.82, 2.24) is 9.88 Å². The number of nitro benzene ring substituents is 1. The molecule has 0 atom stereocenters. The van der Waals surface area contributed by atoms with Gasteiger partial charge in [-0.2, -0.15) is 0 Å². The van der Waals surface area contributed by atoms with Gasteiger partial charge >= 0.3 is 5.76 Å². The SMILES string of the molecule is O=C(CCCn1c(=O)oc2ccccc21)NCc1ccccc1[N+](=O)[O-]. The van der Waals surface area contributed by atoms with Crippen molar-refractivity contribution < 1.29 is 14.1 Å². The van der Waals surface area contributed by atoms with Crippen molar-refractivity contribution in [2.45, 2.75) is 25.9 Å². The Labute approximate surface area is 148 Å². The van der Waals surface area contributed by atoms with Crippen LogP contribution in [-0.2, 0) is 17.9 Å². The number of hydrogen-bond acceptors (Lipinski definition) is 5. The number of nitrogens with zero attached hydrogens (tertiary/aromatic N) is 2. The fourth-order valence-corrected chi connectivity index (χ4v) is 2.74. The van der Waals surface area contributed by atoms with Gasteiger partial charge in [0, 0.05) is 31.1 Å². The number of nitro groups is 1. The van der Waals surface area contributed by atoms with Crippen molar-refractivity contribution in [3.8, 4) is 0 Å². The zero-order chi connectivity index (χ0) is 18.5. The molecule has 0 aliphatic carbocycles. The van der Waals surface area contributed by atoms with Gasteiger partial charge in [0.05, 0.1) is 10.4 Å². The summed E-state index contributed by atoms with van der Waals surface area (Å²) in [6.07, 6.45) is 0.652. The van der Waals surface area contributed by atoms with Crippen LogP contribution in [0.3, 0.4) is 0 Å². The predicted molar refractivity (Wildman–Crippen MR) is 94.7 cm³/mol. The van der Waals surface area contributed by atoms with Crippen LogP contribution in [0.1, 0.15) is 18.4 Å². The van der Waals surface area contributed by atoms with Crippen LogP contribution in [0.25, 0.3) is 11.1 Å². The molecule has 0 unspecified atom stereocenters. The van der Waals surface area contributed by atoms with Gasteiger partial charge in [0.25, 0.3) is 5.69 Å². The fourth-order valence-electron chi connectivity index (χ4n) is 2.74. The van der Waals surface area contributed by atoms with Gasteiger partial charge in [-0.05, 0) is 18.6 Å². The van der Waals surface area contributed by atoms with E-state index in [1.807, 2.05) is 6.07 Å². The van der Waals surface area contributed by atoms with Crippen molar-refractivity contribution in [2.75, 3.05) is 0 Å². The highest BCUT2D eigenvalue weighted by atomic mass is 16.6. The first-order chi connectivity index (χ1) is 12.6. The summed E-state index contributed by atoms with van der Waals surface area (Å²) in [5, 5.41) is 13.6. The Morgan fingerprint density at radius 2 is 1.88 bits per heavy atom. The third kappa shape index (κ3) is 3.80. The first-order valence-electron chi connectivity index (χ1n) is 8.13. The van der Waals surface area contributed by atoms with Gasteiger partial charge < -0.3 is 9.73 Å². The molecule has 0 saturated carbocycles. The molecule has 8 heteroatoms. The van der Waals surface area contributed by atoms with Gasteiger partial charge in [0.1, 0.15) is 0 Å². The molecule has 0 spiro atoms. The lowest BCUT2D eigenvalue weighted by Crippen LogP contribution is -2.24. The van der Waals surface area contributed by atoms with Gasteiger partial charge in [-0.25, -0.2) is 4.79 Å². The Morgan fingerprint density at radius 3 is 2.69 bits per heavy atom. The zero-order valence-electron chi connectivity index (χ0n) is 13.9. The van der Waals surface area contributed by atoms with E-state index in [2.05, 4.69) is 5.32 Å². The van der Waals surface area contributed by atoms with E-state index >= 15 is 0 Å². The molecule has 26 heavy (non-hydrogen) atoms. The van der Waals surface area contributed by atoms with Crippen LogP contribution in [-0.4, -0.2) is 15.4 Å². The van der Waals surface area contributed by atoms with E-state index in [1.54, 1.807) is 36.4 Å². The molecule has 0 bridgehead atoms. The molecular formula is C18H17N3O5. The first kappa shape index (κ1) is 17.4. The summed E-state index contributed by atoms with van der Waals surface area (Å²) in [6, 6.07) is 13.4. The van der Waals surface area contributed by atoms with E-state index in [9.17, 15) is 19.7 Å². The largest absolute Gasteiger partial charge is 0.419 e. The summed E-state index contributed by atoms with van der Waals surface area (Å²) < 4.78 is 6.63. The van der Waals surface area contributed by atoms with Crippen molar-refractivity contribution in [3.63, 3.8) is 0 Å². The summed E-state index contributed by atoms with van der Waals surface area (Å²) in [7, 11) is 0. The van der Waals surface area contributed by atoms with E-state index < -0.39 is 10.7 Å². The third-order valence-corrected chi connectivity index (χ3v) is 4.02. The minimum Gasteiger partial charge on any atom is -0.408 e. The summed E-state index contributed by atoms with van der Waals surface area (Å²) in [6.45, 7) is 0.444. The molecule has 3 rings (SSSR count). The van der Waals surface area contributed by atoms with Gasteiger partial charge in [0.2, 0.25) is 5.91 Å². The van der Waals surface area contributed by atoms with Crippen LogP contribution >= 0.6 is 0 Å². The Balaban J connectivity index is 1.54. The number of oxazole rings is 1. The van der Waals surface area contributed by atoms with Gasteiger partial charge in [0.15, 0.2) is 5.58 Å². The number of aromatic nitrogens is 1. The number of fused-ring (bicyclic) bond motifs is 1. The lowest BCUT2D eigenvalue weighted by Gasteiger charge is -2.06. The zero-order valence-corrected chi connectivity index (χ0v) is 13.9. The number of carbonyl (C=O) groups excluding carboxylic acids is 1. The second-order valence-corrected chi connectivity index (χ2v) is 5.75. The Morgan fingerprint density at radius 1 is 1.15 bits per heavy atom. The molecule has 0 radical (unpaired) electrons. The number of carbonyl (C=O) groups is 1. The molecule has 1 N–H and O–H groups in total. The maximum Gasteiger partial charge on any atom is 0.419 e. The average molecular weight is 355 g/mol. The van der Waals surface area contributed by atoms with E-state index in [1.165, 1.54) is 10.6 Å². The van der Waals surface area contributed by atoms with Crippen LogP contribution in [0.5, 0.6) is 0 Å². The number of hydrogen-bond donors (Lipinski definition) is 1. The molecule has 0 fully saturated rings. The molecule has 0 aliphatic heterocycles. The maximum atomic E-state index is 12.0. The molecule has 134 valence electrons. The third-order valence-electron chi connectivity index (χ3n) is 4.02. The van der Waals surface area contributed by atoms with Gasteiger partial charge in [-0.1, -0.05) is 30.3 Å². The monoisotopic (exact) mass is 355 g/mol. The second-order valence-electron chi connectivity index (χ2n) is 5.75.